The van der Waals surface area contributed by atoms with E-state index in [1.54, 1.807) is 6.92 Å². The minimum absolute atomic E-state index is 0.0912. The number of hydrogen-bond donors (Lipinski definition) is 5. The zero-order chi connectivity index (χ0) is 9.56. The summed E-state index contributed by atoms with van der Waals surface area (Å²) in [6, 6.07) is -0.741. The molecule has 5 nitrogen and oxygen atoms in total. The zero-order valence-electron chi connectivity index (χ0n) is 7.40. The Morgan fingerprint density at radius 2 is 2.08 bits per heavy atom. The number of rotatable bonds is 6. The van der Waals surface area contributed by atoms with Gasteiger partial charge in [0.15, 0.2) is 0 Å². The van der Waals surface area contributed by atoms with Crippen molar-refractivity contribution in [2.45, 2.75) is 25.1 Å². The monoisotopic (exact) mass is 177 g/mol. The molecule has 0 saturated heterocycles. The lowest BCUT2D eigenvalue weighted by Gasteiger charge is -2.25. The molecule has 3 atom stereocenters. The highest BCUT2D eigenvalue weighted by Crippen LogP contribution is 1.95. The van der Waals surface area contributed by atoms with Gasteiger partial charge >= 0.3 is 0 Å². The molecule has 0 aliphatic heterocycles. The van der Waals surface area contributed by atoms with Crippen LogP contribution < -0.4 is 16.8 Å². The van der Waals surface area contributed by atoms with Crippen LogP contribution in [0.2, 0.25) is 0 Å². The molecule has 0 heterocycles. The first-order chi connectivity index (χ1) is 5.63. The Morgan fingerprint density at radius 1 is 1.50 bits per heavy atom. The van der Waals surface area contributed by atoms with Gasteiger partial charge in [0.2, 0.25) is 0 Å². The van der Waals surface area contributed by atoms with Crippen molar-refractivity contribution >= 4 is 0 Å². The van der Waals surface area contributed by atoms with Gasteiger partial charge in [0.1, 0.15) is 0 Å². The number of hydrogen-bond acceptors (Lipinski definition) is 5. The first kappa shape index (κ1) is 11.8. The maximum atomic E-state index is 9.11. The predicted octanol–water partition coefficient (Wildman–Crippen LogP) is -2.40. The molecule has 3 unspecified atom stereocenters. The molecular weight excluding hydrogens is 158 g/mol. The lowest BCUT2D eigenvalue weighted by Crippen LogP contribution is -2.53. The summed E-state index contributed by atoms with van der Waals surface area (Å²) < 4.78 is 0. The van der Waals surface area contributed by atoms with Gasteiger partial charge in [-0.15, -0.1) is 0 Å². The lowest BCUT2D eigenvalue weighted by atomic mass is 10.1. The summed E-state index contributed by atoms with van der Waals surface area (Å²) in [6.07, 6.45) is -0.632. The summed E-state index contributed by atoms with van der Waals surface area (Å²) in [4.78, 5) is 0. The van der Waals surface area contributed by atoms with E-state index in [9.17, 15) is 0 Å². The Labute approximate surface area is 72.7 Å². The molecular formula is C7H19N3O2. The van der Waals surface area contributed by atoms with E-state index in [1.165, 1.54) is 0 Å². The topological polar surface area (TPSA) is 105 Å². The summed E-state index contributed by atoms with van der Waals surface area (Å²) in [5.41, 5.74) is 10.9. The van der Waals surface area contributed by atoms with E-state index < -0.39 is 12.1 Å². The number of aliphatic hydroxyl groups is 2. The SMILES string of the molecule is CC(O)C(N)C(CO)NCCN. The maximum absolute atomic E-state index is 9.11. The van der Waals surface area contributed by atoms with Crippen molar-refractivity contribution < 1.29 is 10.2 Å². The summed E-state index contributed by atoms with van der Waals surface area (Å²) in [5, 5.41) is 20.9. The van der Waals surface area contributed by atoms with Gasteiger partial charge in [-0.05, 0) is 6.92 Å². The van der Waals surface area contributed by atoms with Crippen molar-refractivity contribution in [1.82, 2.24) is 5.32 Å². The van der Waals surface area contributed by atoms with Crippen molar-refractivity contribution in [3.8, 4) is 0 Å². The minimum Gasteiger partial charge on any atom is -0.395 e. The molecule has 0 radical (unpaired) electrons. The summed E-state index contributed by atoms with van der Waals surface area (Å²) in [7, 11) is 0. The molecule has 7 N–H and O–H groups in total. The minimum atomic E-state index is -0.632. The second-order valence-corrected chi connectivity index (χ2v) is 2.85. The molecule has 74 valence electrons. The van der Waals surface area contributed by atoms with Crippen LogP contribution in [-0.2, 0) is 0 Å². The van der Waals surface area contributed by atoms with E-state index >= 15 is 0 Å². The molecule has 0 spiro atoms. The second-order valence-electron chi connectivity index (χ2n) is 2.85. The molecule has 0 bridgehead atoms. The van der Waals surface area contributed by atoms with E-state index in [2.05, 4.69) is 5.32 Å². The molecule has 0 aromatic carbocycles. The summed E-state index contributed by atoms with van der Waals surface area (Å²) in [5.74, 6) is 0. The van der Waals surface area contributed by atoms with Crippen molar-refractivity contribution in [3.05, 3.63) is 0 Å². The molecule has 0 aliphatic rings. The van der Waals surface area contributed by atoms with Gasteiger partial charge < -0.3 is 27.0 Å². The standard InChI is InChI=1S/C7H19N3O2/c1-5(12)7(9)6(4-11)10-3-2-8/h5-7,10-12H,2-4,8-9H2,1H3. The fraction of sp³-hybridized carbons (Fsp3) is 1.00. The van der Waals surface area contributed by atoms with Crippen LogP contribution in [0.15, 0.2) is 0 Å². The van der Waals surface area contributed by atoms with Crippen LogP contribution in [0.5, 0.6) is 0 Å². The van der Waals surface area contributed by atoms with Gasteiger partial charge in [-0.2, -0.15) is 0 Å². The van der Waals surface area contributed by atoms with Gasteiger partial charge in [0.25, 0.3) is 0 Å². The van der Waals surface area contributed by atoms with Crippen LogP contribution in [-0.4, -0.2) is 48.1 Å². The van der Waals surface area contributed by atoms with Crippen LogP contribution >= 0.6 is 0 Å². The molecule has 12 heavy (non-hydrogen) atoms. The Bertz CT molecular complexity index is 111. The van der Waals surface area contributed by atoms with Crippen LogP contribution in [0, 0.1) is 0 Å². The highest BCUT2D eigenvalue weighted by atomic mass is 16.3. The molecule has 0 saturated carbocycles. The Hall–Kier alpha value is -0.200. The average Bonchev–Trinajstić information content (AvgIpc) is 2.05. The summed E-state index contributed by atoms with van der Waals surface area (Å²) in [6.45, 7) is 2.58. The molecule has 0 aromatic heterocycles. The van der Waals surface area contributed by atoms with Crippen molar-refractivity contribution in [2.75, 3.05) is 19.7 Å². The fourth-order valence-electron chi connectivity index (χ4n) is 0.927. The third-order valence-corrected chi connectivity index (χ3v) is 1.77. The number of aliphatic hydroxyl groups excluding tert-OH is 2. The second kappa shape index (κ2) is 6.33. The Kier molecular flexibility index (Phi) is 6.23. The highest BCUT2D eigenvalue weighted by molar-refractivity contribution is 4.82. The van der Waals surface area contributed by atoms with Crippen LogP contribution in [0.25, 0.3) is 0 Å². The molecule has 0 aromatic rings. The lowest BCUT2D eigenvalue weighted by molar-refractivity contribution is 0.119. The van der Waals surface area contributed by atoms with Crippen LogP contribution in [0.3, 0.4) is 0 Å². The van der Waals surface area contributed by atoms with Crippen LogP contribution in [0.1, 0.15) is 6.92 Å². The Morgan fingerprint density at radius 3 is 2.42 bits per heavy atom. The largest absolute Gasteiger partial charge is 0.395 e. The van der Waals surface area contributed by atoms with E-state index in [4.69, 9.17) is 21.7 Å². The molecule has 0 fully saturated rings. The van der Waals surface area contributed by atoms with Gasteiger partial charge in [-0.25, -0.2) is 0 Å². The third-order valence-electron chi connectivity index (χ3n) is 1.77. The Balaban J connectivity index is 3.79. The average molecular weight is 177 g/mol. The van der Waals surface area contributed by atoms with E-state index in [-0.39, 0.29) is 12.6 Å². The number of nitrogens with two attached hydrogens (primary N) is 2. The summed E-state index contributed by atoms with van der Waals surface area (Å²) >= 11 is 0. The fourth-order valence-corrected chi connectivity index (χ4v) is 0.927. The molecule has 0 aliphatic carbocycles. The van der Waals surface area contributed by atoms with Gasteiger partial charge in [-0.3, -0.25) is 0 Å². The smallest absolute Gasteiger partial charge is 0.0679 e. The molecule has 0 rings (SSSR count). The predicted molar refractivity (Wildman–Crippen MR) is 47.6 cm³/mol. The maximum Gasteiger partial charge on any atom is 0.0679 e. The van der Waals surface area contributed by atoms with E-state index in [0.717, 1.165) is 0 Å². The number of nitrogens with one attached hydrogen (secondary N) is 1. The van der Waals surface area contributed by atoms with E-state index in [0.29, 0.717) is 13.1 Å². The normalized spacial score (nSPS) is 18.8. The van der Waals surface area contributed by atoms with Crippen molar-refractivity contribution in [3.63, 3.8) is 0 Å². The van der Waals surface area contributed by atoms with Crippen molar-refractivity contribution in [1.29, 1.82) is 0 Å². The highest BCUT2D eigenvalue weighted by Gasteiger charge is 2.19. The first-order valence-electron chi connectivity index (χ1n) is 4.11. The molecule has 0 amide bonds. The first-order valence-corrected chi connectivity index (χ1v) is 4.11. The van der Waals surface area contributed by atoms with Gasteiger partial charge in [0.05, 0.1) is 12.7 Å². The van der Waals surface area contributed by atoms with Gasteiger partial charge in [0, 0.05) is 25.2 Å². The van der Waals surface area contributed by atoms with Crippen LogP contribution in [0.4, 0.5) is 0 Å². The molecule has 5 heteroatoms. The van der Waals surface area contributed by atoms with Crippen molar-refractivity contribution in [2.24, 2.45) is 11.5 Å². The third kappa shape index (κ3) is 3.99. The quantitative estimate of drug-likeness (QED) is 0.311. The van der Waals surface area contributed by atoms with E-state index in [1.807, 2.05) is 0 Å². The van der Waals surface area contributed by atoms with Gasteiger partial charge in [-0.1, -0.05) is 0 Å². The zero-order valence-corrected chi connectivity index (χ0v) is 7.40.